The van der Waals surface area contributed by atoms with Crippen LogP contribution < -0.4 is 0 Å². The summed E-state index contributed by atoms with van der Waals surface area (Å²) in [5.41, 5.74) is 0.390. The minimum absolute atomic E-state index is 0.390. The molecular formula is C9H16O2. The first-order chi connectivity index (χ1) is 5.27. The van der Waals surface area contributed by atoms with Gasteiger partial charge in [-0.15, -0.1) is 0 Å². The molecule has 1 heterocycles. The molecule has 0 aromatic rings. The van der Waals surface area contributed by atoms with Crippen LogP contribution in [0.25, 0.3) is 0 Å². The molecule has 1 aliphatic heterocycles. The first-order valence-electron chi connectivity index (χ1n) is 4.07. The van der Waals surface area contributed by atoms with Crippen molar-refractivity contribution >= 4 is 0 Å². The molecule has 0 aliphatic carbocycles. The molecule has 1 aliphatic rings. The summed E-state index contributed by atoms with van der Waals surface area (Å²) < 4.78 is 10.3. The van der Waals surface area contributed by atoms with E-state index in [-0.39, 0.29) is 0 Å². The van der Waals surface area contributed by atoms with Crippen LogP contribution in [-0.2, 0) is 9.47 Å². The lowest BCUT2D eigenvalue weighted by Crippen LogP contribution is -2.40. The van der Waals surface area contributed by atoms with Crippen LogP contribution in [0.4, 0.5) is 0 Å². The zero-order chi connectivity index (χ0) is 8.16. The van der Waals surface area contributed by atoms with E-state index in [0.717, 1.165) is 26.2 Å². The summed E-state index contributed by atoms with van der Waals surface area (Å²) >= 11 is 0. The second kappa shape index (κ2) is 3.77. The first kappa shape index (κ1) is 8.60. The summed E-state index contributed by atoms with van der Waals surface area (Å²) in [6.45, 7) is 6.78. The highest BCUT2D eigenvalue weighted by molar-refractivity contribution is 4.80. The Morgan fingerprint density at radius 1 is 1.55 bits per heavy atom. The van der Waals surface area contributed by atoms with Gasteiger partial charge in [-0.3, -0.25) is 0 Å². The van der Waals surface area contributed by atoms with E-state index in [9.17, 15) is 0 Å². The molecule has 0 saturated carbocycles. The van der Waals surface area contributed by atoms with Gasteiger partial charge in [-0.25, -0.2) is 0 Å². The van der Waals surface area contributed by atoms with Gasteiger partial charge in [-0.1, -0.05) is 13.0 Å². The predicted octanol–water partition coefficient (Wildman–Crippen LogP) is 1.96. The molecule has 2 nitrogen and oxygen atoms in total. The van der Waals surface area contributed by atoms with Gasteiger partial charge in [0.2, 0.25) is 0 Å². The maximum absolute atomic E-state index is 5.22. The Hall–Kier alpha value is -0.500. The molecule has 0 atom stereocenters. The van der Waals surface area contributed by atoms with Gasteiger partial charge in [-0.2, -0.15) is 0 Å². The van der Waals surface area contributed by atoms with Crippen molar-refractivity contribution in [3.8, 4) is 0 Å². The Bertz CT molecular complexity index is 136. The van der Waals surface area contributed by atoms with E-state index < -0.39 is 0 Å². The monoisotopic (exact) mass is 156 g/mol. The number of rotatable bonds is 4. The van der Waals surface area contributed by atoms with Crippen LogP contribution in [0.2, 0.25) is 0 Å². The third kappa shape index (κ3) is 2.54. The fourth-order valence-electron chi connectivity index (χ4n) is 1.06. The smallest absolute Gasteiger partial charge is 0.0880 e. The molecule has 0 unspecified atom stereocenters. The van der Waals surface area contributed by atoms with Crippen molar-refractivity contribution in [2.75, 3.05) is 19.8 Å². The first-order valence-corrected chi connectivity index (χ1v) is 4.07. The fourth-order valence-corrected chi connectivity index (χ4v) is 1.06. The molecule has 2 heteroatoms. The van der Waals surface area contributed by atoms with Crippen LogP contribution in [0.5, 0.6) is 0 Å². The number of hydrogen-bond donors (Lipinski definition) is 0. The largest absolute Gasteiger partial charge is 0.502 e. The van der Waals surface area contributed by atoms with Crippen molar-refractivity contribution in [1.29, 1.82) is 0 Å². The van der Waals surface area contributed by atoms with Gasteiger partial charge in [0.15, 0.2) is 0 Å². The highest BCUT2D eigenvalue weighted by atomic mass is 16.5. The van der Waals surface area contributed by atoms with E-state index in [1.807, 2.05) is 13.0 Å². The molecular weight excluding hydrogens is 140 g/mol. The molecule has 0 aromatic heterocycles. The number of ether oxygens (including phenoxy) is 2. The highest BCUT2D eigenvalue weighted by Gasteiger charge is 2.32. The molecule has 11 heavy (non-hydrogen) atoms. The summed E-state index contributed by atoms with van der Waals surface area (Å²) in [7, 11) is 0. The van der Waals surface area contributed by atoms with Crippen LogP contribution in [0.3, 0.4) is 0 Å². The van der Waals surface area contributed by atoms with Crippen molar-refractivity contribution < 1.29 is 9.47 Å². The van der Waals surface area contributed by atoms with E-state index in [1.165, 1.54) is 0 Å². The predicted molar refractivity (Wildman–Crippen MR) is 44.3 cm³/mol. The van der Waals surface area contributed by atoms with Crippen LogP contribution in [-0.4, -0.2) is 19.8 Å². The number of allylic oxidation sites excluding steroid dienone is 1. The van der Waals surface area contributed by atoms with Crippen LogP contribution in [0.15, 0.2) is 12.3 Å². The van der Waals surface area contributed by atoms with E-state index in [4.69, 9.17) is 9.47 Å². The van der Waals surface area contributed by atoms with Crippen molar-refractivity contribution in [3.63, 3.8) is 0 Å². The number of hydrogen-bond acceptors (Lipinski definition) is 2. The van der Waals surface area contributed by atoms with Crippen molar-refractivity contribution in [1.82, 2.24) is 0 Å². The van der Waals surface area contributed by atoms with Gasteiger partial charge in [0.25, 0.3) is 0 Å². The van der Waals surface area contributed by atoms with Crippen molar-refractivity contribution in [2.45, 2.75) is 20.3 Å². The topological polar surface area (TPSA) is 18.5 Å². The Morgan fingerprint density at radius 3 is 2.73 bits per heavy atom. The van der Waals surface area contributed by atoms with Gasteiger partial charge in [-0.05, 0) is 13.3 Å². The van der Waals surface area contributed by atoms with Gasteiger partial charge in [0.05, 0.1) is 26.1 Å². The summed E-state index contributed by atoms with van der Waals surface area (Å²) in [6, 6.07) is 0. The van der Waals surface area contributed by atoms with Crippen molar-refractivity contribution in [3.05, 3.63) is 12.3 Å². The zero-order valence-electron chi connectivity index (χ0n) is 7.30. The maximum atomic E-state index is 5.22. The molecule has 64 valence electrons. The molecule has 0 radical (unpaired) electrons. The third-order valence-electron chi connectivity index (χ3n) is 1.96. The minimum Gasteiger partial charge on any atom is -0.502 e. The van der Waals surface area contributed by atoms with Gasteiger partial charge < -0.3 is 9.47 Å². The van der Waals surface area contributed by atoms with Gasteiger partial charge in [0, 0.05) is 5.41 Å². The zero-order valence-corrected chi connectivity index (χ0v) is 7.30. The van der Waals surface area contributed by atoms with Crippen molar-refractivity contribution in [2.24, 2.45) is 5.41 Å². The standard InChI is InChI=1S/C9H16O2/c1-3-5-10-6-4-9(2)7-11-8-9/h3,5H,4,6-8H2,1-2H3. The normalized spacial score (nSPS) is 21.6. The molecule has 0 amide bonds. The van der Waals surface area contributed by atoms with E-state index in [2.05, 4.69) is 6.92 Å². The van der Waals surface area contributed by atoms with Gasteiger partial charge in [0.1, 0.15) is 0 Å². The maximum Gasteiger partial charge on any atom is 0.0880 e. The third-order valence-corrected chi connectivity index (χ3v) is 1.96. The molecule has 0 spiro atoms. The second-order valence-electron chi connectivity index (χ2n) is 3.39. The van der Waals surface area contributed by atoms with E-state index in [1.54, 1.807) is 6.26 Å². The highest BCUT2D eigenvalue weighted by Crippen LogP contribution is 2.30. The molecule has 0 N–H and O–H groups in total. The Labute approximate surface area is 68.2 Å². The summed E-state index contributed by atoms with van der Waals surface area (Å²) in [4.78, 5) is 0. The molecule has 0 aromatic carbocycles. The van der Waals surface area contributed by atoms with Crippen LogP contribution in [0, 0.1) is 5.41 Å². The summed E-state index contributed by atoms with van der Waals surface area (Å²) in [5, 5.41) is 0. The van der Waals surface area contributed by atoms with Gasteiger partial charge >= 0.3 is 0 Å². The van der Waals surface area contributed by atoms with Crippen LogP contribution >= 0.6 is 0 Å². The summed E-state index contributed by atoms with van der Waals surface area (Å²) in [5.74, 6) is 0. The second-order valence-corrected chi connectivity index (χ2v) is 3.39. The molecule has 0 bridgehead atoms. The Kier molecular flexibility index (Phi) is 2.94. The summed E-state index contributed by atoms with van der Waals surface area (Å²) in [6.07, 6.45) is 4.74. The Morgan fingerprint density at radius 2 is 2.27 bits per heavy atom. The average molecular weight is 156 g/mol. The quantitative estimate of drug-likeness (QED) is 0.457. The molecule has 1 saturated heterocycles. The lowest BCUT2D eigenvalue weighted by Gasteiger charge is -2.37. The SMILES string of the molecule is CC=COCCC1(C)COC1. The average Bonchev–Trinajstić information content (AvgIpc) is 1.95. The van der Waals surface area contributed by atoms with Crippen LogP contribution in [0.1, 0.15) is 20.3 Å². The lowest BCUT2D eigenvalue weighted by molar-refractivity contribution is -0.111. The minimum atomic E-state index is 0.390. The van der Waals surface area contributed by atoms with E-state index >= 15 is 0 Å². The molecule has 1 rings (SSSR count). The lowest BCUT2D eigenvalue weighted by atomic mass is 9.85. The molecule has 1 fully saturated rings. The fraction of sp³-hybridized carbons (Fsp3) is 0.778. The Balaban J connectivity index is 2.02. The van der Waals surface area contributed by atoms with E-state index in [0.29, 0.717) is 5.41 Å².